The number of piperazine rings is 1. The summed E-state index contributed by atoms with van der Waals surface area (Å²) < 4.78 is 0. The molecule has 0 atom stereocenters. The molecule has 162 valence electrons. The summed E-state index contributed by atoms with van der Waals surface area (Å²) >= 11 is 0. The van der Waals surface area contributed by atoms with Gasteiger partial charge in [0.1, 0.15) is 11.5 Å². The highest BCUT2D eigenvalue weighted by Gasteiger charge is 2.27. The maximum Gasteiger partial charge on any atom is 0.293 e. The number of benzene rings is 2. The van der Waals surface area contributed by atoms with Gasteiger partial charge in [-0.2, -0.15) is 0 Å². The summed E-state index contributed by atoms with van der Waals surface area (Å²) in [4.78, 5) is 43.9. The fourth-order valence-corrected chi connectivity index (χ4v) is 3.83. The minimum Gasteiger partial charge on any atom is -0.365 e. The maximum atomic E-state index is 12.7. The number of nitro groups is 1. The Balaban J connectivity index is 1.55. The van der Waals surface area contributed by atoms with Crippen molar-refractivity contribution in [3.63, 3.8) is 0 Å². The molecule has 2 aromatic carbocycles. The molecule has 0 radical (unpaired) electrons. The van der Waals surface area contributed by atoms with E-state index in [2.05, 4.69) is 4.98 Å². The predicted octanol–water partition coefficient (Wildman–Crippen LogP) is 2.65. The van der Waals surface area contributed by atoms with Crippen LogP contribution in [0.2, 0.25) is 0 Å². The van der Waals surface area contributed by atoms with E-state index in [0.29, 0.717) is 48.8 Å². The molecule has 4 rings (SSSR count). The van der Waals surface area contributed by atoms with Crippen LogP contribution in [-0.4, -0.2) is 47.8 Å². The number of hydrogen-bond acceptors (Lipinski definition) is 7. The molecule has 9 nitrogen and oxygen atoms in total. The van der Waals surface area contributed by atoms with Crippen LogP contribution in [-0.2, 0) is 0 Å². The van der Waals surface area contributed by atoms with Crippen LogP contribution in [0.25, 0.3) is 0 Å². The molecular weight excluding hydrogens is 410 g/mol. The summed E-state index contributed by atoms with van der Waals surface area (Å²) in [5, 5.41) is 11.8. The van der Waals surface area contributed by atoms with Crippen molar-refractivity contribution in [3.05, 3.63) is 93.7 Å². The molecular formula is C23H21N5O4. The number of rotatable bonds is 6. The lowest BCUT2D eigenvalue weighted by atomic mass is 10.0. The number of carbonyl (C=O) groups is 2. The van der Waals surface area contributed by atoms with Crippen molar-refractivity contribution in [1.29, 1.82) is 0 Å². The van der Waals surface area contributed by atoms with Crippen molar-refractivity contribution in [2.24, 2.45) is 5.73 Å². The molecule has 9 heteroatoms. The van der Waals surface area contributed by atoms with Crippen molar-refractivity contribution in [2.45, 2.75) is 0 Å². The first-order chi connectivity index (χ1) is 15.5. The fourth-order valence-electron chi connectivity index (χ4n) is 3.83. The van der Waals surface area contributed by atoms with Gasteiger partial charge in [-0.3, -0.25) is 19.7 Å². The second-order valence-corrected chi connectivity index (χ2v) is 7.37. The van der Waals surface area contributed by atoms with Gasteiger partial charge in [-0.25, -0.2) is 4.98 Å². The maximum absolute atomic E-state index is 12.7. The molecule has 0 aliphatic carbocycles. The number of nitrogens with zero attached hydrogens (tertiary/aromatic N) is 4. The highest BCUT2D eigenvalue weighted by atomic mass is 16.6. The van der Waals surface area contributed by atoms with Gasteiger partial charge in [-0.15, -0.1) is 0 Å². The summed E-state index contributed by atoms with van der Waals surface area (Å²) in [6, 6.07) is 16.5. The van der Waals surface area contributed by atoms with E-state index in [4.69, 9.17) is 5.73 Å². The Labute approximate surface area is 184 Å². The van der Waals surface area contributed by atoms with Crippen LogP contribution in [0.1, 0.15) is 26.3 Å². The third kappa shape index (κ3) is 4.13. The second-order valence-electron chi connectivity index (χ2n) is 7.37. The SMILES string of the molecule is NC(=O)c1cccnc1N1CCN(c2ccc(C(=O)c3ccccc3)cc2[N+](=O)[O-])CC1. The first-order valence-corrected chi connectivity index (χ1v) is 10.1. The third-order valence-corrected chi connectivity index (χ3v) is 5.44. The Hall–Kier alpha value is -4.27. The number of ketones is 1. The summed E-state index contributed by atoms with van der Waals surface area (Å²) in [7, 11) is 0. The molecule has 3 aromatic rings. The zero-order valence-electron chi connectivity index (χ0n) is 17.2. The summed E-state index contributed by atoms with van der Waals surface area (Å²) in [5.74, 6) is -0.304. The Morgan fingerprint density at radius 2 is 1.59 bits per heavy atom. The first-order valence-electron chi connectivity index (χ1n) is 10.1. The van der Waals surface area contributed by atoms with E-state index in [1.54, 1.807) is 60.8 Å². The molecule has 0 bridgehead atoms. The van der Waals surface area contributed by atoms with Gasteiger partial charge in [0.15, 0.2) is 5.78 Å². The monoisotopic (exact) mass is 431 g/mol. The third-order valence-electron chi connectivity index (χ3n) is 5.44. The van der Waals surface area contributed by atoms with Crippen molar-refractivity contribution in [1.82, 2.24) is 4.98 Å². The van der Waals surface area contributed by atoms with Crippen molar-refractivity contribution >= 4 is 28.9 Å². The topological polar surface area (TPSA) is 123 Å². The van der Waals surface area contributed by atoms with E-state index < -0.39 is 10.8 Å². The van der Waals surface area contributed by atoms with E-state index in [1.807, 2.05) is 9.80 Å². The van der Waals surface area contributed by atoms with E-state index >= 15 is 0 Å². The number of hydrogen-bond donors (Lipinski definition) is 1. The van der Waals surface area contributed by atoms with E-state index in [0.717, 1.165) is 0 Å². The molecule has 0 unspecified atom stereocenters. The average molecular weight is 431 g/mol. The van der Waals surface area contributed by atoms with Gasteiger partial charge in [0.2, 0.25) is 0 Å². The Bertz CT molecular complexity index is 1170. The molecule has 2 N–H and O–H groups in total. The second kappa shape index (κ2) is 8.84. The van der Waals surface area contributed by atoms with Crippen LogP contribution in [0, 0.1) is 10.1 Å². The van der Waals surface area contributed by atoms with Gasteiger partial charge in [0.25, 0.3) is 11.6 Å². The fraction of sp³-hybridized carbons (Fsp3) is 0.174. The number of anilines is 2. The van der Waals surface area contributed by atoms with Crippen molar-refractivity contribution < 1.29 is 14.5 Å². The van der Waals surface area contributed by atoms with Gasteiger partial charge >= 0.3 is 0 Å². The van der Waals surface area contributed by atoms with Crippen LogP contribution >= 0.6 is 0 Å². The van der Waals surface area contributed by atoms with Crippen molar-refractivity contribution in [3.8, 4) is 0 Å². The molecule has 0 spiro atoms. The highest BCUT2D eigenvalue weighted by molar-refractivity contribution is 6.09. The van der Waals surface area contributed by atoms with Crippen LogP contribution < -0.4 is 15.5 Å². The quantitative estimate of drug-likeness (QED) is 0.362. The number of nitrogens with two attached hydrogens (primary N) is 1. The minimum absolute atomic E-state index is 0.115. The molecule has 1 aromatic heterocycles. The van der Waals surface area contributed by atoms with Crippen LogP contribution in [0.15, 0.2) is 66.9 Å². The summed E-state index contributed by atoms with van der Waals surface area (Å²) in [6.07, 6.45) is 1.60. The van der Waals surface area contributed by atoms with Gasteiger partial charge in [0.05, 0.1) is 10.5 Å². The van der Waals surface area contributed by atoms with Gasteiger partial charge < -0.3 is 15.5 Å². The van der Waals surface area contributed by atoms with Gasteiger partial charge in [-0.05, 0) is 24.3 Å². The first kappa shape index (κ1) is 21.0. The molecule has 1 aliphatic heterocycles. The van der Waals surface area contributed by atoms with Crippen LogP contribution in [0.3, 0.4) is 0 Å². The van der Waals surface area contributed by atoms with E-state index in [-0.39, 0.29) is 17.0 Å². The molecule has 32 heavy (non-hydrogen) atoms. The minimum atomic E-state index is -0.551. The number of amides is 1. The predicted molar refractivity (Wildman–Crippen MR) is 120 cm³/mol. The van der Waals surface area contributed by atoms with Gasteiger partial charge in [0, 0.05) is 49.6 Å². The highest BCUT2D eigenvalue weighted by Crippen LogP contribution is 2.31. The normalized spacial score (nSPS) is 13.6. The molecule has 1 amide bonds. The average Bonchev–Trinajstić information content (AvgIpc) is 2.84. The van der Waals surface area contributed by atoms with Crippen LogP contribution in [0.5, 0.6) is 0 Å². The Morgan fingerprint density at radius 1 is 0.906 bits per heavy atom. The number of carbonyl (C=O) groups excluding carboxylic acids is 2. The summed E-state index contributed by atoms with van der Waals surface area (Å²) in [6.45, 7) is 2.00. The van der Waals surface area contributed by atoms with E-state index in [9.17, 15) is 19.7 Å². The lowest BCUT2D eigenvalue weighted by Gasteiger charge is -2.36. The van der Waals surface area contributed by atoms with E-state index in [1.165, 1.54) is 6.07 Å². The zero-order valence-corrected chi connectivity index (χ0v) is 17.2. The van der Waals surface area contributed by atoms with Crippen molar-refractivity contribution in [2.75, 3.05) is 36.0 Å². The lowest BCUT2D eigenvalue weighted by Crippen LogP contribution is -2.47. The van der Waals surface area contributed by atoms with Gasteiger partial charge in [-0.1, -0.05) is 30.3 Å². The lowest BCUT2D eigenvalue weighted by molar-refractivity contribution is -0.384. The Morgan fingerprint density at radius 3 is 2.25 bits per heavy atom. The number of aromatic nitrogens is 1. The summed E-state index contributed by atoms with van der Waals surface area (Å²) in [5.41, 5.74) is 6.88. The molecule has 1 saturated heterocycles. The number of pyridine rings is 1. The largest absolute Gasteiger partial charge is 0.365 e. The molecule has 0 saturated carbocycles. The van der Waals surface area contributed by atoms with Crippen LogP contribution in [0.4, 0.5) is 17.2 Å². The molecule has 1 fully saturated rings. The zero-order chi connectivity index (χ0) is 22.7. The molecule has 1 aliphatic rings. The number of primary amides is 1. The Kier molecular flexibility index (Phi) is 5.80. The molecule has 2 heterocycles. The smallest absolute Gasteiger partial charge is 0.293 e. The standard InChI is InChI=1S/C23H21N5O4/c24-22(30)18-7-4-10-25-23(18)27-13-11-26(12-14-27)19-9-8-17(15-20(19)28(31)32)21(29)16-5-2-1-3-6-16/h1-10,15H,11-14H2,(H2,24,30). The number of nitro benzene ring substituents is 1.